The van der Waals surface area contributed by atoms with E-state index in [2.05, 4.69) is 39.9 Å². The van der Waals surface area contributed by atoms with Gasteiger partial charge in [-0.1, -0.05) is 60.7 Å². The van der Waals surface area contributed by atoms with E-state index in [1.807, 2.05) is 43.3 Å². The molecule has 57 heavy (non-hydrogen) atoms. The van der Waals surface area contributed by atoms with E-state index in [1.54, 1.807) is 29.6 Å². The third-order valence-corrected chi connectivity index (χ3v) is 10.4. The van der Waals surface area contributed by atoms with Gasteiger partial charge in [-0.15, -0.1) is 0 Å². The number of carbonyl (C=O) groups excluding carboxylic acids is 2. The summed E-state index contributed by atoms with van der Waals surface area (Å²) in [5, 5.41) is 6.33. The molecule has 0 bridgehead atoms. The van der Waals surface area contributed by atoms with Crippen molar-refractivity contribution in [3.63, 3.8) is 0 Å². The first-order valence-corrected chi connectivity index (χ1v) is 18.8. The fourth-order valence-electron chi connectivity index (χ4n) is 7.91. The Balaban J connectivity index is 1.18. The van der Waals surface area contributed by atoms with Crippen LogP contribution in [0, 0.1) is 0 Å². The summed E-state index contributed by atoms with van der Waals surface area (Å²) in [5.41, 5.74) is 2.97. The number of likely N-dealkylation sites (N-methyl/N-ethyl adjacent to an activating group) is 1. The number of fused-ring (bicyclic) bond motifs is 2. The van der Waals surface area contributed by atoms with Gasteiger partial charge in [0.05, 0.1) is 12.4 Å². The standard InChI is InChI=1S/C40H42F3N9O5/c1-4-45-35(53)31-30-32(57-39(2,3)56-30)36(55-31)51-23-47-29-33(46-21-28(24-11-7-5-8-12-24)25-13-9-6-10-14-25)48-38(49-34(29)51)50-20-17-27(22-50)52(37(54)40(41,42)43)26-15-18-44-19-16-26/h5-16,18-19,23,27-28,30-32,36H,4,17,20-22H2,1-3H3,(H,45,53)(H,46,48,49)/t27-,30-,31+,32+,36-/m1/s1. The van der Waals surface area contributed by atoms with Crippen LogP contribution in [-0.4, -0.2) is 98.8 Å². The van der Waals surface area contributed by atoms with Crippen LogP contribution < -0.4 is 20.4 Å². The van der Waals surface area contributed by atoms with Crippen LogP contribution in [0.2, 0.25) is 0 Å². The Kier molecular flexibility index (Phi) is 10.3. The second-order valence-electron chi connectivity index (χ2n) is 14.6. The van der Waals surface area contributed by atoms with E-state index in [-0.39, 0.29) is 43.0 Å². The number of amides is 2. The van der Waals surface area contributed by atoms with Crippen LogP contribution in [0.4, 0.5) is 30.6 Å². The Hall–Kier alpha value is -5.65. The van der Waals surface area contributed by atoms with Gasteiger partial charge < -0.3 is 29.7 Å². The minimum Gasteiger partial charge on any atom is -0.367 e. The predicted molar refractivity (Wildman–Crippen MR) is 203 cm³/mol. The summed E-state index contributed by atoms with van der Waals surface area (Å²) in [6, 6.07) is 22.0. The maximum absolute atomic E-state index is 14.0. The molecule has 3 aromatic heterocycles. The predicted octanol–water partition coefficient (Wildman–Crippen LogP) is 5.19. The topological polar surface area (TPSA) is 149 Å². The Bertz CT molecular complexity index is 2170. The molecule has 3 aliphatic heterocycles. The highest BCUT2D eigenvalue weighted by Gasteiger charge is 2.58. The summed E-state index contributed by atoms with van der Waals surface area (Å²) < 4.78 is 62.5. The Morgan fingerprint density at radius 1 is 0.965 bits per heavy atom. The third kappa shape index (κ3) is 7.61. The smallest absolute Gasteiger partial charge is 0.367 e. The molecule has 0 unspecified atom stereocenters. The van der Waals surface area contributed by atoms with Gasteiger partial charge in [0, 0.05) is 50.2 Å². The van der Waals surface area contributed by atoms with Crippen LogP contribution in [0.25, 0.3) is 11.2 Å². The summed E-state index contributed by atoms with van der Waals surface area (Å²) in [5.74, 6) is -2.83. The van der Waals surface area contributed by atoms with E-state index >= 15 is 0 Å². The van der Waals surface area contributed by atoms with Crippen LogP contribution in [-0.2, 0) is 23.8 Å². The number of halogens is 3. The lowest BCUT2D eigenvalue weighted by molar-refractivity contribution is -0.197. The van der Waals surface area contributed by atoms with Gasteiger partial charge in [-0.3, -0.25) is 24.0 Å². The second-order valence-corrected chi connectivity index (χ2v) is 14.6. The number of pyridine rings is 1. The molecule has 14 nitrogen and oxygen atoms in total. The van der Waals surface area contributed by atoms with Crippen LogP contribution >= 0.6 is 0 Å². The minimum absolute atomic E-state index is 0.00884. The molecule has 3 aliphatic rings. The molecule has 2 N–H and O–H groups in total. The molecule has 3 fully saturated rings. The number of carbonyl (C=O) groups is 2. The number of alkyl halides is 3. The number of anilines is 3. The van der Waals surface area contributed by atoms with Crippen molar-refractivity contribution in [3.05, 3.63) is 103 Å². The number of nitrogens with one attached hydrogen (secondary N) is 2. The number of aromatic nitrogens is 5. The Morgan fingerprint density at radius 2 is 1.63 bits per heavy atom. The number of hydrogen-bond donors (Lipinski definition) is 2. The summed E-state index contributed by atoms with van der Waals surface area (Å²) in [6.45, 7) is 6.40. The zero-order valence-electron chi connectivity index (χ0n) is 31.5. The van der Waals surface area contributed by atoms with Crippen LogP contribution in [0.1, 0.15) is 50.5 Å². The lowest BCUT2D eigenvalue weighted by atomic mass is 9.91. The van der Waals surface area contributed by atoms with Gasteiger partial charge in [-0.2, -0.15) is 23.1 Å². The molecular weight excluding hydrogens is 743 g/mol. The molecule has 2 amide bonds. The fourth-order valence-corrected chi connectivity index (χ4v) is 7.91. The van der Waals surface area contributed by atoms with Gasteiger partial charge in [-0.05, 0) is 50.5 Å². The molecule has 0 spiro atoms. The molecule has 298 valence electrons. The highest BCUT2D eigenvalue weighted by Crippen LogP contribution is 2.44. The van der Waals surface area contributed by atoms with Crippen molar-refractivity contribution < 1.29 is 37.0 Å². The molecule has 2 aromatic carbocycles. The van der Waals surface area contributed by atoms with Gasteiger partial charge in [-0.25, -0.2) is 4.98 Å². The fraction of sp³-hybridized carbons (Fsp3) is 0.400. The molecular formula is C40H42F3N9O5. The zero-order chi connectivity index (χ0) is 39.9. The number of ether oxygens (including phenoxy) is 3. The van der Waals surface area contributed by atoms with Crippen molar-refractivity contribution in [2.75, 3.05) is 41.3 Å². The minimum atomic E-state index is -5.10. The molecule has 0 aliphatic carbocycles. The summed E-state index contributed by atoms with van der Waals surface area (Å²) in [7, 11) is 0. The SMILES string of the molecule is CCNC(=O)[C@H]1O[C@@H](n2cnc3c(NCC(c4ccccc4)c4ccccc4)nc(N4CC[C@@H](N(C(=O)C(F)(F)F)c5ccncc5)C4)nc32)[C@H]2OC(C)(C)O[C@@H]21. The van der Waals surface area contributed by atoms with Crippen LogP contribution in [0.3, 0.4) is 0 Å². The van der Waals surface area contributed by atoms with E-state index in [0.717, 1.165) is 16.0 Å². The van der Waals surface area contributed by atoms with Crippen molar-refractivity contribution in [2.24, 2.45) is 0 Å². The van der Waals surface area contributed by atoms with Crippen molar-refractivity contribution >= 4 is 40.4 Å². The Labute approximate surface area is 326 Å². The first-order valence-electron chi connectivity index (χ1n) is 18.8. The highest BCUT2D eigenvalue weighted by molar-refractivity contribution is 5.98. The lowest BCUT2D eigenvalue weighted by Gasteiger charge is -2.29. The Morgan fingerprint density at radius 3 is 2.28 bits per heavy atom. The van der Waals surface area contributed by atoms with E-state index in [4.69, 9.17) is 29.2 Å². The van der Waals surface area contributed by atoms with Gasteiger partial charge in [0.2, 0.25) is 5.95 Å². The van der Waals surface area contributed by atoms with Gasteiger partial charge in [0.1, 0.15) is 12.2 Å². The monoisotopic (exact) mass is 785 g/mol. The largest absolute Gasteiger partial charge is 0.471 e. The lowest BCUT2D eigenvalue weighted by Crippen LogP contribution is -2.48. The molecule has 6 heterocycles. The summed E-state index contributed by atoms with van der Waals surface area (Å²) in [6.07, 6.45) is -3.95. The molecule has 8 rings (SSSR count). The number of imidazole rings is 1. The second kappa shape index (κ2) is 15.4. The van der Waals surface area contributed by atoms with Crippen molar-refractivity contribution in [3.8, 4) is 0 Å². The molecule has 0 radical (unpaired) electrons. The van der Waals surface area contributed by atoms with Crippen molar-refractivity contribution in [1.82, 2.24) is 29.8 Å². The van der Waals surface area contributed by atoms with Crippen LogP contribution in [0.5, 0.6) is 0 Å². The average Bonchev–Trinajstić information content (AvgIpc) is 3.99. The van der Waals surface area contributed by atoms with Crippen molar-refractivity contribution in [1.29, 1.82) is 0 Å². The molecule has 0 saturated carbocycles. The summed E-state index contributed by atoms with van der Waals surface area (Å²) >= 11 is 0. The van der Waals surface area contributed by atoms with E-state index in [9.17, 15) is 22.8 Å². The van der Waals surface area contributed by atoms with E-state index < -0.39 is 48.5 Å². The number of benzene rings is 2. The van der Waals surface area contributed by atoms with Gasteiger partial charge >= 0.3 is 12.1 Å². The molecule has 5 atom stereocenters. The van der Waals surface area contributed by atoms with Gasteiger partial charge in [0.15, 0.2) is 35.1 Å². The van der Waals surface area contributed by atoms with Crippen LogP contribution in [0.15, 0.2) is 91.5 Å². The highest BCUT2D eigenvalue weighted by atomic mass is 19.4. The van der Waals surface area contributed by atoms with E-state index in [1.165, 1.54) is 24.5 Å². The average molecular weight is 786 g/mol. The molecule has 5 aromatic rings. The molecule has 17 heteroatoms. The van der Waals surface area contributed by atoms with Crippen molar-refractivity contribution in [2.45, 2.75) is 75.7 Å². The zero-order valence-corrected chi connectivity index (χ0v) is 31.5. The first kappa shape index (κ1) is 38.2. The maximum Gasteiger partial charge on any atom is 0.471 e. The number of nitrogens with zero attached hydrogens (tertiary/aromatic N) is 7. The van der Waals surface area contributed by atoms with E-state index in [0.29, 0.717) is 30.1 Å². The first-order chi connectivity index (χ1) is 27.4. The number of hydrogen-bond acceptors (Lipinski definition) is 11. The maximum atomic E-state index is 14.0. The summed E-state index contributed by atoms with van der Waals surface area (Å²) in [4.78, 5) is 47.1. The third-order valence-electron chi connectivity index (χ3n) is 10.4. The van der Waals surface area contributed by atoms with Gasteiger partial charge in [0.25, 0.3) is 5.91 Å². The molecule has 3 saturated heterocycles. The number of rotatable bonds is 11. The normalized spacial score (nSPS) is 22.9. The quantitative estimate of drug-likeness (QED) is 0.182.